The Morgan fingerprint density at radius 2 is 1.00 bits per heavy atom. The summed E-state index contributed by atoms with van der Waals surface area (Å²) in [6, 6.07) is 16.0. The average Bonchev–Trinajstić information content (AvgIpc) is 2.55. The summed E-state index contributed by atoms with van der Waals surface area (Å²) in [5.74, 6) is 0. The van der Waals surface area contributed by atoms with Crippen molar-refractivity contribution in [2.45, 2.75) is 26.2 Å². The van der Waals surface area contributed by atoms with E-state index in [2.05, 4.69) is 0 Å². The van der Waals surface area contributed by atoms with Crippen LogP contribution in [0.3, 0.4) is 0 Å². The van der Waals surface area contributed by atoms with Gasteiger partial charge in [-0.15, -0.1) is 0 Å². The number of hydrogen-bond donors (Lipinski definition) is 4. The van der Waals surface area contributed by atoms with Crippen LogP contribution in [0.1, 0.15) is 22.3 Å². The van der Waals surface area contributed by atoms with Crippen LogP contribution in [-0.4, -0.2) is 0 Å². The molecule has 0 heterocycles. The van der Waals surface area contributed by atoms with Crippen molar-refractivity contribution in [1.29, 1.82) is 0 Å². The maximum Gasteiger partial charge on any atom is 0.0181 e. The molecule has 0 aliphatic rings. The predicted octanol–water partition coefficient (Wildman–Crippen LogP) is 1.21. The van der Waals surface area contributed by atoms with Crippen molar-refractivity contribution in [3.8, 4) is 0 Å². The van der Waals surface area contributed by atoms with Gasteiger partial charge in [0.1, 0.15) is 0 Å². The summed E-state index contributed by atoms with van der Waals surface area (Å²) in [6.45, 7) is 2.34. The fourth-order valence-corrected chi connectivity index (χ4v) is 1.84. The van der Waals surface area contributed by atoms with Gasteiger partial charge in [0.25, 0.3) is 0 Å². The lowest BCUT2D eigenvalue weighted by Gasteiger charge is -2.02. The van der Waals surface area contributed by atoms with E-state index in [9.17, 15) is 0 Å². The summed E-state index contributed by atoms with van der Waals surface area (Å²) in [4.78, 5) is 0. The Morgan fingerprint density at radius 3 is 1.35 bits per heavy atom. The van der Waals surface area contributed by atoms with Crippen LogP contribution in [0.2, 0.25) is 0 Å². The highest BCUT2D eigenvalue weighted by Crippen LogP contribution is 2.05. The lowest BCUT2D eigenvalue weighted by atomic mass is 10.1. The minimum Gasteiger partial charge on any atom is -0.326 e. The number of benzene rings is 2. The highest BCUT2D eigenvalue weighted by Gasteiger charge is 1.94. The van der Waals surface area contributed by atoms with Crippen LogP contribution in [0.15, 0.2) is 48.5 Å². The van der Waals surface area contributed by atoms with E-state index in [4.69, 9.17) is 22.9 Å². The van der Waals surface area contributed by atoms with Gasteiger partial charge in [0.05, 0.1) is 0 Å². The van der Waals surface area contributed by atoms with Gasteiger partial charge in [0, 0.05) is 26.2 Å². The highest BCUT2D eigenvalue weighted by molar-refractivity contribution is 5.26. The van der Waals surface area contributed by atoms with Crippen LogP contribution in [0, 0.1) is 0 Å². The van der Waals surface area contributed by atoms with Crippen LogP contribution in [-0.2, 0) is 26.2 Å². The van der Waals surface area contributed by atoms with Crippen LogP contribution < -0.4 is 22.9 Å². The molecule has 8 N–H and O–H groups in total. The minimum atomic E-state index is 0.577. The second-order valence-electron chi connectivity index (χ2n) is 4.41. The topological polar surface area (TPSA) is 104 Å². The van der Waals surface area contributed by atoms with Crippen molar-refractivity contribution in [2.75, 3.05) is 0 Å². The molecule has 0 radical (unpaired) electrons. The third-order valence-electron chi connectivity index (χ3n) is 3.02. The van der Waals surface area contributed by atoms with Crippen molar-refractivity contribution in [1.82, 2.24) is 0 Å². The molecule has 0 saturated heterocycles. The van der Waals surface area contributed by atoms with Crippen molar-refractivity contribution < 1.29 is 0 Å². The largest absolute Gasteiger partial charge is 0.326 e. The molecule has 2 aromatic carbocycles. The van der Waals surface area contributed by atoms with E-state index in [0.717, 1.165) is 22.3 Å². The van der Waals surface area contributed by atoms with Gasteiger partial charge >= 0.3 is 0 Å². The Bertz CT molecular complexity index is 469. The lowest BCUT2D eigenvalue weighted by Crippen LogP contribution is -2.05. The molecule has 0 saturated carbocycles. The monoisotopic (exact) mass is 272 g/mol. The third-order valence-corrected chi connectivity index (χ3v) is 3.02. The molecule has 4 nitrogen and oxygen atoms in total. The zero-order chi connectivity index (χ0) is 14.8. The lowest BCUT2D eigenvalue weighted by molar-refractivity contribution is 0.980. The molecule has 4 heteroatoms. The molecule has 0 aliphatic heterocycles. The van der Waals surface area contributed by atoms with Crippen molar-refractivity contribution in [3.05, 3.63) is 70.8 Å². The number of hydrogen-bond acceptors (Lipinski definition) is 4. The van der Waals surface area contributed by atoms with E-state index in [0.29, 0.717) is 26.2 Å². The molecule has 0 amide bonds. The maximum atomic E-state index is 5.47. The first-order chi connectivity index (χ1) is 9.74. The summed E-state index contributed by atoms with van der Waals surface area (Å²) in [5.41, 5.74) is 26.4. The van der Waals surface area contributed by atoms with Crippen LogP contribution in [0.4, 0.5) is 0 Å². The Labute approximate surface area is 120 Å². The van der Waals surface area contributed by atoms with E-state index in [1.807, 2.05) is 48.5 Å². The van der Waals surface area contributed by atoms with Gasteiger partial charge in [0.15, 0.2) is 0 Å². The molecule has 0 aromatic heterocycles. The quantitative estimate of drug-likeness (QED) is 0.671. The molecule has 0 aliphatic carbocycles. The molecular weight excluding hydrogens is 248 g/mol. The standard InChI is InChI=1S/2C8H12N2/c9-5-7-2-1-3-8(4-7)6-10;9-5-7-3-1-2-4-8(7)6-10/h2*1-4H,5-6,9-10H2. The van der Waals surface area contributed by atoms with Gasteiger partial charge in [-0.2, -0.15) is 0 Å². The predicted molar refractivity (Wildman–Crippen MR) is 84.4 cm³/mol. The first-order valence-corrected chi connectivity index (χ1v) is 6.70. The molecule has 2 rings (SSSR count). The van der Waals surface area contributed by atoms with Gasteiger partial charge < -0.3 is 22.9 Å². The van der Waals surface area contributed by atoms with Gasteiger partial charge in [-0.25, -0.2) is 0 Å². The normalized spacial score (nSPS) is 9.80. The van der Waals surface area contributed by atoms with Crippen LogP contribution in [0.25, 0.3) is 0 Å². The zero-order valence-corrected chi connectivity index (χ0v) is 11.8. The molecular formula is C16H24N4. The van der Waals surface area contributed by atoms with Crippen molar-refractivity contribution in [3.63, 3.8) is 0 Å². The summed E-state index contributed by atoms with van der Waals surface area (Å²) < 4.78 is 0. The Morgan fingerprint density at radius 1 is 0.550 bits per heavy atom. The molecule has 20 heavy (non-hydrogen) atoms. The Hall–Kier alpha value is -1.72. The van der Waals surface area contributed by atoms with E-state index < -0.39 is 0 Å². The van der Waals surface area contributed by atoms with Crippen LogP contribution >= 0.6 is 0 Å². The molecule has 0 unspecified atom stereocenters. The van der Waals surface area contributed by atoms with E-state index >= 15 is 0 Å². The summed E-state index contributed by atoms with van der Waals surface area (Å²) in [7, 11) is 0. The molecule has 2 aromatic rings. The zero-order valence-electron chi connectivity index (χ0n) is 11.8. The summed E-state index contributed by atoms with van der Waals surface area (Å²) in [6.07, 6.45) is 0. The molecule has 0 atom stereocenters. The fraction of sp³-hybridized carbons (Fsp3) is 0.250. The second kappa shape index (κ2) is 9.23. The highest BCUT2D eigenvalue weighted by atomic mass is 14.6. The average molecular weight is 272 g/mol. The van der Waals surface area contributed by atoms with Gasteiger partial charge in [0.2, 0.25) is 0 Å². The van der Waals surface area contributed by atoms with Gasteiger partial charge in [-0.1, -0.05) is 48.5 Å². The second-order valence-corrected chi connectivity index (χ2v) is 4.41. The molecule has 0 fully saturated rings. The van der Waals surface area contributed by atoms with Gasteiger partial charge in [-0.05, 0) is 22.3 Å². The smallest absolute Gasteiger partial charge is 0.0181 e. The Kier molecular flexibility index (Phi) is 7.54. The Balaban J connectivity index is 0.000000200. The van der Waals surface area contributed by atoms with E-state index in [1.165, 1.54) is 0 Å². The first-order valence-electron chi connectivity index (χ1n) is 6.70. The van der Waals surface area contributed by atoms with Crippen LogP contribution in [0.5, 0.6) is 0 Å². The van der Waals surface area contributed by atoms with Crippen molar-refractivity contribution in [2.24, 2.45) is 22.9 Å². The fourth-order valence-electron chi connectivity index (χ4n) is 1.84. The number of nitrogens with two attached hydrogens (primary N) is 4. The third kappa shape index (κ3) is 5.11. The van der Waals surface area contributed by atoms with Gasteiger partial charge in [-0.3, -0.25) is 0 Å². The molecule has 108 valence electrons. The SMILES string of the molecule is NCc1cccc(CN)c1.NCc1ccccc1CN. The minimum absolute atomic E-state index is 0.577. The van der Waals surface area contributed by atoms with E-state index in [1.54, 1.807) is 0 Å². The first kappa shape index (κ1) is 16.3. The maximum absolute atomic E-state index is 5.47. The van der Waals surface area contributed by atoms with Crippen molar-refractivity contribution >= 4 is 0 Å². The summed E-state index contributed by atoms with van der Waals surface area (Å²) in [5, 5.41) is 0. The van der Waals surface area contributed by atoms with E-state index in [-0.39, 0.29) is 0 Å². The number of rotatable bonds is 4. The summed E-state index contributed by atoms with van der Waals surface area (Å²) >= 11 is 0. The molecule has 0 spiro atoms. The molecule has 0 bridgehead atoms.